The number of nitrogens with zero attached hydrogens (tertiary/aromatic N) is 5. The van der Waals surface area contributed by atoms with Crippen LogP contribution in [0, 0.1) is 5.92 Å². The molecule has 0 amide bonds. The molecule has 1 aromatic rings. The molecule has 8 nitrogen and oxygen atoms in total. The monoisotopic (exact) mass is 423 g/mol. The molecule has 2 aliphatic heterocycles. The molecule has 158 valence electrons. The molecule has 28 heavy (non-hydrogen) atoms. The van der Waals surface area contributed by atoms with Gasteiger partial charge in [-0.3, -0.25) is 0 Å². The Morgan fingerprint density at radius 3 is 2.39 bits per heavy atom. The number of hydrogen-bond donors (Lipinski definition) is 1. The molecule has 0 aliphatic carbocycles. The molecule has 3 heterocycles. The minimum Gasteiger partial charge on any atom is -0.391 e. The van der Waals surface area contributed by atoms with E-state index in [1.165, 1.54) is 19.0 Å². The van der Waals surface area contributed by atoms with Crippen LogP contribution in [0.3, 0.4) is 0 Å². The molecule has 1 aromatic heterocycles. The second kappa shape index (κ2) is 7.64. The van der Waals surface area contributed by atoms with Gasteiger partial charge in [0.05, 0.1) is 11.9 Å². The third-order valence-electron chi connectivity index (χ3n) is 5.09. The maximum absolute atomic E-state index is 13.3. The standard InChI is InChI=1S/C16H24F3N5O3S/c1-22(2)28(26,27)10-11-8-24(9-12(11)25)14-7-13(16(17,18)19)20-15(21-14)23-5-3-4-6-23/h7,11-12,25H,3-6,8-10H2,1-2H3/t11-,12+/m0/s1. The zero-order valence-electron chi connectivity index (χ0n) is 15.7. The van der Waals surface area contributed by atoms with E-state index in [1.54, 1.807) is 4.90 Å². The van der Waals surface area contributed by atoms with Crippen LogP contribution in [-0.4, -0.2) is 79.9 Å². The van der Waals surface area contributed by atoms with Crippen molar-refractivity contribution in [3.63, 3.8) is 0 Å². The first-order valence-corrected chi connectivity index (χ1v) is 10.6. The van der Waals surface area contributed by atoms with E-state index in [1.807, 2.05) is 0 Å². The first kappa shape index (κ1) is 21.1. The van der Waals surface area contributed by atoms with Gasteiger partial charge >= 0.3 is 6.18 Å². The highest BCUT2D eigenvalue weighted by Crippen LogP contribution is 2.33. The van der Waals surface area contributed by atoms with Gasteiger partial charge in [0.25, 0.3) is 0 Å². The molecule has 0 aromatic carbocycles. The van der Waals surface area contributed by atoms with Gasteiger partial charge in [0.1, 0.15) is 5.82 Å². The summed E-state index contributed by atoms with van der Waals surface area (Å²) in [5.74, 6) is -0.838. The van der Waals surface area contributed by atoms with E-state index < -0.39 is 33.9 Å². The Bertz CT molecular complexity index is 812. The predicted molar refractivity (Wildman–Crippen MR) is 97.7 cm³/mol. The van der Waals surface area contributed by atoms with Crippen LogP contribution in [0.2, 0.25) is 0 Å². The fraction of sp³-hybridized carbons (Fsp3) is 0.750. The molecular weight excluding hydrogens is 399 g/mol. The van der Waals surface area contributed by atoms with Crippen molar-refractivity contribution in [2.24, 2.45) is 5.92 Å². The van der Waals surface area contributed by atoms with E-state index in [4.69, 9.17) is 0 Å². The average molecular weight is 423 g/mol. The van der Waals surface area contributed by atoms with Gasteiger partial charge in [0.2, 0.25) is 16.0 Å². The summed E-state index contributed by atoms with van der Waals surface area (Å²) in [6, 6.07) is 0.856. The second-order valence-corrected chi connectivity index (χ2v) is 9.62. The van der Waals surface area contributed by atoms with Crippen molar-refractivity contribution in [3.05, 3.63) is 11.8 Å². The van der Waals surface area contributed by atoms with Crippen molar-refractivity contribution >= 4 is 21.8 Å². The van der Waals surface area contributed by atoms with Gasteiger partial charge in [-0.2, -0.15) is 18.2 Å². The van der Waals surface area contributed by atoms with Crippen molar-refractivity contribution in [1.29, 1.82) is 0 Å². The fourth-order valence-electron chi connectivity index (χ4n) is 3.41. The van der Waals surface area contributed by atoms with Crippen molar-refractivity contribution in [1.82, 2.24) is 14.3 Å². The molecule has 0 unspecified atom stereocenters. The van der Waals surface area contributed by atoms with Gasteiger partial charge in [0.15, 0.2) is 5.69 Å². The molecule has 2 fully saturated rings. The zero-order valence-corrected chi connectivity index (χ0v) is 16.5. The van der Waals surface area contributed by atoms with Crippen LogP contribution >= 0.6 is 0 Å². The summed E-state index contributed by atoms with van der Waals surface area (Å²) in [4.78, 5) is 11.2. The summed E-state index contributed by atoms with van der Waals surface area (Å²) in [6.45, 7) is 1.30. The lowest BCUT2D eigenvalue weighted by atomic mass is 10.1. The van der Waals surface area contributed by atoms with Gasteiger partial charge in [0, 0.05) is 52.3 Å². The summed E-state index contributed by atoms with van der Waals surface area (Å²) >= 11 is 0. The summed E-state index contributed by atoms with van der Waals surface area (Å²) in [6.07, 6.45) is -3.88. The Kier molecular flexibility index (Phi) is 5.74. The maximum atomic E-state index is 13.3. The molecular formula is C16H24F3N5O3S. The van der Waals surface area contributed by atoms with Crippen LogP contribution in [0.15, 0.2) is 6.07 Å². The predicted octanol–water partition coefficient (Wildman–Crippen LogP) is 0.784. The topological polar surface area (TPSA) is 89.9 Å². The summed E-state index contributed by atoms with van der Waals surface area (Å²) < 4.78 is 65.3. The lowest BCUT2D eigenvalue weighted by Crippen LogP contribution is -2.33. The lowest BCUT2D eigenvalue weighted by molar-refractivity contribution is -0.141. The molecule has 2 saturated heterocycles. The number of sulfonamides is 1. The van der Waals surface area contributed by atoms with Crippen LogP contribution in [-0.2, 0) is 16.2 Å². The second-order valence-electron chi connectivity index (χ2n) is 7.40. The van der Waals surface area contributed by atoms with Crippen molar-refractivity contribution < 1.29 is 26.7 Å². The van der Waals surface area contributed by atoms with Gasteiger partial charge in [-0.15, -0.1) is 0 Å². The highest BCUT2D eigenvalue weighted by Gasteiger charge is 2.39. The molecule has 2 atom stereocenters. The molecule has 3 rings (SSSR count). The Hall–Kier alpha value is -1.66. The Balaban J connectivity index is 1.87. The first-order valence-electron chi connectivity index (χ1n) is 9.02. The van der Waals surface area contributed by atoms with Crippen LogP contribution in [0.5, 0.6) is 0 Å². The third kappa shape index (κ3) is 4.49. The molecule has 12 heteroatoms. The van der Waals surface area contributed by atoms with Crippen molar-refractivity contribution in [3.8, 4) is 0 Å². The Morgan fingerprint density at radius 1 is 1.18 bits per heavy atom. The van der Waals surface area contributed by atoms with Gasteiger partial charge < -0.3 is 14.9 Å². The minimum atomic E-state index is -4.63. The zero-order chi connectivity index (χ0) is 20.7. The normalized spacial score (nSPS) is 23.8. The highest BCUT2D eigenvalue weighted by molar-refractivity contribution is 7.89. The molecule has 0 spiro atoms. The number of anilines is 2. The first-order chi connectivity index (χ1) is 13.0. The number of hydrogen-bond acceptors (Lipinski definition) is 7. The molecule has 2 aliphatic rings. The van der Waals surface area contributed by atoms with E-state index in [9.17, 15) is 26.7 Å². The minimum absolute atomic E-state index is 0.0150. The number of rotatable bonds is 5. The van der Waals surface area contributed by atoms with Crippen LogP contribution in [0.25, 0.3) is 0 Å². The van der Waals surface area contributed by atoms with E-state index in [0.717, 1.165) is 23.2 Å². The molecule has 0 bridgehead atoms. The van der Waals surface area contributed by atoms with E-state index in [-0.39, 0.29) is 30.6 Å². The fourth-order valence-corrected chi connectivity index (χ4v) is 4.58. The van der Waals surface area contributed by atoms with Gasteiger partial charge in [-0.05, 0) is 12.8 Å². The SMILES string of the molecule is CN(C)S(=O)(=O)C[C@@H]1CN(c2cc(C(F)(F)F)nc(N3CCCC3)n2)C[C@H]1O. The van der Waals surface area contributed by atoms with Crippen molar-refractivity contribution in [2.75, 3.05) is 55.8 Å². The summed E-state index contributed by atoms with van der Waals surface area (Å²) in [5, 5.41) is 10.3. The van der Waals surface area contributed by atoms with Gasteiger partial charge in [-0.25, -0.2) is 17.7 Å². The number of aliphatic hydroxyl groups excluding tert-OH is 1. The number of aromatic nitrogens is 2. The van der Waals surface area contributed by atoms with Gasteiger partial charge in [-0.1, -0.05) is 0 Å². The van der Waals surface area contributed by atoms with E-state index >= 15 is 0 Å². The van der Waals surface area contributed by atoms with E-state index in [0.29, 0.717) is 13.1 Å². The summed E-state index contributed by atoms with van der Waals surface area (Å²) in [5.41, 5.74) is -1.04. The lowest BCUT2D eigenvalue weighted by Gasteiger charge is -2.22. The molecule has 0 radical (unpaired) electrons. The van der Waals surface area contributed by atoms with Crippen LogP contribution < -0.4 is 9.80 Å². The third-order valence-corrected chi connectivity index (χ3v) is 7.05. The van der Waals surface area contributed by atoms with E-state index in [2.05, 4.69) is 9.97 Å². The van der Waals surface area contributed by atoms with Crippen LogP contribution in [0.4, 0.5) is 24.9 Å². The number of alkyl halides is 3. The quantitative estimate of drug-likeness (QED) is 0.749. The highest BCUT2D eigenvalue weighted by atomic mass is 32.2. The molecule has 1 N–H and O–H groups in total. The Morgan fingerprint density at radius 2 is 1.82 bits per heavy atom. The van der Waals surface area contributed by atoms with Crippen molar-refractivity contribution in [2.45, 2.75) is 25.1 Å². The number of halogens is 3. The number of aliphatic hydroxyl groups is 1. The maximum Gasteiger partial charge on any atom is 0.433 e. The number of β-amino-alcohol motifs (C(OH)–C–C–N with tert-alkyl or cyclic N) is 1. The molecule has 0 saturated carbocycles. The average Bonchev–Trinajstić information content (AvgIpc) is 3.24. The smallest absolute Gasteiger partial charge is 0.391 e. The Labute approximate surface area is 162 Å². The van der Waals surface area contributed by atoms with Crippen LogP contribution in [0.1, 0.15) is 18.5 Å². The summed E-state index contributed by atoms with van der Waals surface area (Å²) in [7, 11) is -0.748. The largest absolute Gasteiger partial charge is 0.433 e.